The topological polar surface area (TPSA) is 65.0 Å². The van der Waals surface area contributed by atoms with Crippen LogP contribution in [0.5, 0.6) is 5.75 Å². The van der Waals surface area contributed by atoms with Crippen LogP contribution in [0, 0.1) is 0 Å². The molecule has 3 heterocycles. The second kappa shape index (κ2) is 8.15. The van der Waals surface area contributed by atoms with Crippen LogP contribution in [-0.2, 0) is 4.79 Å². The molecule has 0 radical (unpaired) electrons. The third kappa shape index (κ3) is 4.38. The molecule has 6 heteroatoms. The van der Waals surface area contributed by atoms with Gasteiger partial charge in [0, 0.05) is 37.8 Å². The Bertz CT molecular complexity index is 715. The molecule has 0 saturated carbocycles. The number of aliphatic hydroxyl groups is 1. The van der Waals surface area contributed by atoms with Crippen molar-refractivity contribution < 1.29 is 14.6 Å². The number of methoxy groups -OCH3 is 1. The molecule has 2 N–H and O–H groups in total. The zero-order chi connectivity index (χ0) is 20.5. The van der Waals surface area contributed by atoms with Crippen molar-refractivity contribution in [2.45, 2.75) is 69.1 Å². The number of amides is 1. The molecule has 160 valence electrons. The molecular weight excluding hydrogens is 366 g/mol. The first kappa shape index (κ1) is 20.5. The van der Waals surface area contributed by atoms with E-state index in [0.29, 0.717) is 19.0 Å². The monoisotopic (exact) mass is 401 g/mol. The highest BCUT2D eigenvalue weighted by Crippen LogP contribution is 2.36. The summed E-state index contributed by atoms with van der Waals surface area (Å²) in [5.74, 6) is 1.05. The van der Waals surface area contributed by atoms with E-state index in [2.05, 4.69) is 34.2 Å². The summed E-state index contributed by atoms with van der Waals surface area (Å²) in [6, 6.07) is 8.49. The SMILES string of the molecule is COc1ccc(N2CCC(O)(CN3CCC[C@]4(C)NC(=O)CCC[C@H]34)CC2)cc1. The minimum absolute atomic E-state index is 0.161. The zero-order valence-corrected chi connectivity index (χ0v) is 17.8. The maximum Gasteiger partial charge on any atom is 0.220 e. The Labute approximate surface area is 174 Å². The Morgan fingerprint density at radius 3 is 2.55 bits per heavy atom. The minimum Gasteiger partial charge on any atom is -0.497 e. The van der Waals surface area contributed by atoms with E-state index in [1.807, 2.05) is 12.1 Å². The fourth-order valence-corrected chi connectivity index (χ4v) is 5.56. The lowest BCUT2D eigenvalue weighted by Crippen LogP contribution is -2.65. The molecule has 0 spiro atoms. The molecular formula is C23H35N3O3. The third-order valence-corrected chi connectivity index (χ3v) is 7.25. The molecule has 2 atom stereocenters. The lowest BCUT2D eigenvalue weighted by atomic mass is 9.79. The number of carbonyl (C=O) groups is 1. The summed E-state index contributed by atoms with van der Waals surface area (Å²) in [7, 11) is 1.68. The third-order valence-electron chi connectivity index (χ3n) is 7.25. The molecule has 29 heavy (non-hydrogen) atoms. The van der Waals surface area contributed by atoms with Crippen LogP contribution in [0.3, 0.4) is 0 Å². The van der Waals surface area contributed by atoms with Crippen molar-refractivity contribution in [2.24, 2.45) is 0 Å². The first-order chi connectivity index (χ1) is 13.9. The fraction of sp³-hybridized carbons (Fsp3) is 0.696. The molecule has 3 aliphatic rings. The number of carbonyl (C=O) groups excluding carboxylic acids is 1. The van der Waals surface area contributed by atoms with Gasteiger partial charge in [-0.15, -0.1) is 0 Å². The van der Waals surface area contributed by atoms with Crippen molar-refractivity contribution in [2.75, 3.05) is 38.2 Å². The largest absolute Gasteiger partial charge is 0.497 e. The van der Waals surface area contributed by atoms with Gasteiger partial charge < -0.3 is 20.1 Å². The fourth-order valence-electron chi connectivity index (χ4n) is 5.56. The van der Waals surface area contributed by atoms with E-state index >= 15 is 0 Å². The lowest BCUT2D eigenvalue weighted by Gasteiger charge is -2.51. The Morgan fingerprint density at radius 1 is 1.14 bits per heavy atom. The summed E-state index contributed by atoms with van der Waals surface area (Å²) < 4.78 is 5.25. The number of ether oxygens (including phenoxy) is 1. The van der Waals surface area contributed by atoms with Crippen LogP contribution in [0.15, 0.2) is 24.3 Å². The number of likely N-dealkylation sites (tertiary alicyclic amines) is 1. The van der Waals surface area contributed by atoms with E-state index in [1.54, 1.807) is 7.11 Å². The number of hydrogen-bond acceptors (Lipinski definition) is 5. The normalized spacial score (nSPS) is 30.2. The summed E-state index contributed by atoms with van der Waals surface area (Å²) in [6.07, 6.45) is 6.23. The number of piperidine rings is 2. The van der Waals surface area contributed by atoms with Crippen LogP contribution < -0.4 is 15.0 Å². The van der Waals surface area contributed by atoms with Gasteiger partial charge in [0.25, 0.3) is 0 Å². The molecule has 0 bridgehead atoms. The van der Waals surface area contributed by atoms with E-state index in [1.165, 1.54) is 5.69 Å². The van der Waals surface area contributed by atoms with Gasteiger partial charge in [-0.1, -0.05) is 0 Å². The molecule has 1 amide bonds. The molecule has 1 aromatic rings. The highest BCUT2D eigenvalue weighted by molar-refractivity contribution is 5.77. The Hall–Kier alpha value is -1.79. The van der Waals surface area contributed by atoms with Crippen molar-refractivity contribution in [1.82, 2.24) is 10.2 Å². The summed E-state index contributed by atoms with van der Waals surface area (Å²) in [5.41, 5.74) is 0.369. The van der Waals surface area contributed by atoms with Crippen molar-refractivity contribution in [3.05, 3.63) is 24.3 Å². The zero-order valence-electron chi connectivity index (χ0n) is 17.8. The van der Waals surface area contributed by atoms with Crippen LogP contribution >= 0.6 is 0 Å². The first-order valence-electron chi connectivity index (χ1n) is 11.1. The number of anilines is 1. The van der Waals surface area contributed by atoms with Crippen LogP contribution in [0.2, 0.25) is 0 Å². The van der Waals surface area contributed by atoms with Gasteiger partial charge in [-0.3, -0.25) is 9.69 Å². The van der Waals surface area contributed by atoms with Gasteiger partial charge in [-0.25, -0.2) is 0 Å². The molecule has 0 unspecified atom stereocenters. The van der Waals surface area contributed by atoms with Gasteiger partial charge >= 0.3 is 0 Å². The quantitative estimate of drug-likeness (QED) is 0.812. The number of nitrogens with one attached hydrogen (secondary N) is 1. The Kier molecular flexibility index (Phi) is 5.76. The van der Waals surface area contributed by atoms with E-state index in [0.717, 1.165) is 63.9 Å². The van der Waals surface area contributed by atoms with Gasteiger partial charge in [0.15, 0.2) is 0 Å². The smallest absolute Gasteiger partial charge is 0.220 e. The summed E-state index contributed by atoms with van der Waals surface area (Å²) >= 11 is 0. The van der Waals surface area contributed by atoms with Crippen LogP contribution in [0.25, 0.3) is 0 Å². The number of nitrogens with zero attached hydrogens (tertiary/aromatic N) is 2. The van der Waals surface area contributed by atoms with Gasteiger partial charge in [0.05, 0.1) is 18.2 Å². The molecule has 1 aromatic carbocycles. The second-order valence-corrected chi connectivity index (χ2v) is 9.36. The predicted octanol–water partition coefficient (Wildman–Crippen LogP) is 2.55. The highest BCUT2D eigenvalue weighted by atomic mass is 16.5. The molecule has 0 aromatic heterocycles. The molecule has 6 nitrogen and oxygen atoms in total. The molecule has 0 aliphatic carbocycles. The first-order valence-corrected chi connectivity index (χ1v) is 11.1. The van der Waals surface area contributed by atoms with Crippen molar-refractivity contribution >= 4 is 11.6 Å². The predicted molar refractivity (Wildman–Crippen MR) is 114 cm³/mol. The maximum absolute atomic E-state index is 12.1. The number of β-amino-alcohol motifs (C(OH)–C–C–N with tert-alkyl or cyclic N) is 1. The van der Waals surface area contributed by atoms with E-state index < -0.39 is 5.60 Å². The van der Waals surface area contributed by atoms with Gasteiger partial charge in [-0.2, -0.15) is 0 Å². The van der Waals surface area contributed by atoms with Crippen LogP contribution in [0.1, 0.15) is 51.9 Å². The molecule has 3 aliphatic heterocycles. The average molecular weight is 402 g/mol. The summed E-state index contributed by atoms with van der Waals surface area (Å²) in [5, 5.41) is 14.7. The summed E-state index contributed by atoms with van der Waals surface area (Å²) in [4.78, 5) is 16.9. The van der Waals surface area contributed by atoms with Crippen LogP contribution in [0.4, 0.5) is 5.69 Å². The lowest BCUT2D eigenvalue weighted by molar-refractivity contribution is -0.123. The van der Waals surface area contributed by atoms with Crippen molar-refractivity contribution in [1.29, 1.82) is 0 Å². The molecule has 4 rings (SSSR count). The van der Waals surface area contributed by atoms with Gasteiger partial charge in [-0.05, 0) is 76.3 Å². The Morgan fingerprint density at radius 2 is 1.86 bits per heavy atom. The van der Waals surface area contributed by atoms with Gasteiger partial charge in [0.1, 0.15) is 5.75 Å². The van der Waals surface area contributed by atoms with E-state index in [-0.39, 0.29) is 11.4 Å². The van der Waals surface area contributed by atoms with Crippen LogP contribution in [-0.4, -0.2) is 66.4 Å². The molecule has 3 fully saturated rings. The number of rotatable bonds is 4. The van der Waals surface area contributed by atoms with E-state index in [4.69, 9.17) is 4.74 Å². The standard InChI is InChI=1S/C23H35N3O3/c1-22-11-4-14-26(20(22)5-3-6-21(27)24-22)17-23(28)12-15-25(16-13-23)18-7-9-19(29-2)10-8-18/h7-10,20,28H,3-6,11-17H2,1-2H3,(H,24,27)/t20-,22-/m0/s1. The summed E-state index contributed by atoms with van der Waals surface area (Å²) in [6.45, 7) is 5.63. The molecule has 3 saturated heterocycles. The van der Waals surface area contributed by atoms with Crippen molar-refractivity contribution in [3.8, 4) is 5.75 Å². The number of benzene rings is 1. The van der Waals surface area contributed by atoms with E-state index in [9.17, 15) is 9.90 Å². The highest BCUT2D eigenvalue weighted by Gasteiger charge is 2.45. The Balaban J connectivity index is 1.39. The van der Waals surface area contributed by atoms with Crippen molar-refractivity contribution in [3.63, 3.8) is 0 Å². The maximum atomic E-state index is 12.1. The number of fused-ring (bicyclic) bond motifs is 1. The van der Waals surface area contributed by atoms with Gasteiger partial charge in [0.2, 0.25) is 5.91 Å². The minimum atomic E-state index is -0.655. The average Bonchev–Trinajstić information content (AvgIpc) is 2.86. The number of hydrogen-bond donors (Lipinski definition) is 2. The second-order valence-electron chi connectivity index (χ2n) is 9.36.